The molecule has 0 saturated heterocycles. The minimum atomic E-state index is -4.32. The number of anilines is 2. The average Bonchev–Trinajstić information content (AvgIpc) is 2.80. The summed E-state index contributed by atoms with van der Waals surface area (Å²) in [7, 11) is 3.92. The third-order valence-electron chi connectivity index (χ3n) is 5.95. The molecule has 2 aromatic carbocycles. The lowest BCUT2D eigenvalue weighted by Crippen LogP contribution is -2.40. The lowest BCUT2D eigenvalue weighted by atomic mass is 9.91. The Morgan fingerprint density at radius 1 is 1.00 bits per heavy atom. The number of para-hydroxylation sites is 1. The maximum atomic E-state index is 12.5. The number of amides is 1. The van der Waals surface area contributed by atoms with Gasteiger partial charge in [0.05, 0.1) is 11.9 Å². The second-order valence-electron chi connectivity index (χ2n) is 8.91. The van der Waals surface area contributed by atoms with Crippen LogP contribution in [0, 0.1) is 0 Å². The minimum absolute atomic E-state index is 0.0791. The van der Waals surface area contributed by atoms with Crippen molar-refractivity contribution in [2.45, 2.75) is 54.6 Å². The van der Waals surface area contributed by atoms with Crippen LogP contribution >= 0.6 is 11.8 Å². The van der Waals surface area contributed by atoms with Crippen molar-refractivity contribution < 1.29 is 18.0 Å². The zero-order valence-corrected chi connectivity index (χ0v) is 20.4. The number of halogens is 3. The number of thioether (sulfide) groups is 1. The van der Waals surface area contributed by atoms with Crippen molar-refractivity contribution in [1.29, 1.82) is 0 Å². The van der Waals surface area contributed by atoms with Crippen LogP contribution in [0.15, 0.2) is 53.4 Å². The van der Waals surface area contributed by atoms with Crippen molar-refractivity contribution in [2.24, 2.45) is 0 Å². The molecule has 0 spiro atoms. The molecule has 1 aliphatic carbocycles. The van der Waals surface area contributed by atoms with Crippen LogP contribution in [0.25, 0.3) is 10.9 Å². The van der Waals surface area contributed by atoms with Crippen LogP contribution in [-0.2, 0) is 11.2 Å². The smallest absolute Gasteiger partial charge is 0.362 e. The molecule has 1 amide bonds. The standard InChI is InChI=1S/C25H28F3N5OS/c1-33(2)23-20-5-3-4-6-21(20)31-24(32-23)30-18-11-9-17(10-12-18)29-22(34)15-16-7-13-19(14-8-16)35-25(26,27)28/h3-8,13-14,17-18H,9-12,15H2,1-2H3,(H,29,34)(H,30,31,32). The van der Waals surface area contributed by atoms with E-state index in [2.05, 4.69) is 15.6 Å². The summed E-state index contributed by atoms with van der Waals surface area (Å²) in [5.41, 5.74) is -2.74. The predicted molar refractivity (Wildman–Crippen MR) is 134 cm³/mol. The van der Waals surface area contributed by atoms with Crippen molar-refractivity contribution in [3.8, 4) is 0 Å². The molecule has 186 valence electrons. The molecule has 1 heterocycles. The maximum Gasteiger partial charge on any atom is 0.446 e. The van der Waals surface area contributed by atoms with E-state index in [0.717, 1.165) is 42.4 Å². The van der Waals surface area contributed by atoms with E-state index in [1.807, 2.05) is 43.3 Å². The van der Waals surface area contributed by atoms with Crippen molar-refractivity contribution in [3.05, 3.63) is 54.1 Å². The van der Waals surface area contributed by atoms with Crippen LogP contribution in [0.5, 0.6) is 0 Å². The Bertz CT molecular complexity index is 1160. The predicted octanol–water partition coefficient (Wildman–Crippen LogP) is 5.39. The molecule has 0 unspecified atom stereocenters. The van der Waals surface area contributed by atoms with Crippen LogP contribution in [0.4, 0.5) is 24.9 Å². The second kappa shape index (κ2) is 10.7. The number of benzene rings is 2. The first-order chi connectivity index (χ1) is 16.7. The van der Waals surface area contributed by atoms with Crippen molar-refractivity contribution in [3.63, 3.8) is 0 Å². The van der Waals surface area contributed by atoms with Gasteiger partial charge >= 0.3 is 5.51 Å². The van der Waals surface area contributed by atoms with E-state index in [9.17, 15) is 18.0 Å². The minimum Gasteiger partial charge on any atom is -0.362 e. The molecule has 0 atom stereocenters. The Balaban J connectivity index is 1.27. The van der Waals surface area contributed by atoms with Gasteiger partial charge in [0.1, 0.15) is 5.82 Å². The Morgan fingerprint density at radius 2 is 1.66 bits per heavy atom. The zero-order valence-electron chi connectivity index (χ0n) is 19.6. The summed E-state index contributed by atoms with van der Waals surface area (Å²) in [5, 5.41) is 7.53. The highest BCUT2D eigenvalue weighted by atomic mass is 32.2. The Kier molecular flexibility index (Phi) is 7.69. The van der Waals surface area contributed by atoms with Crippen molar-refractivity contribution in [1.82, 2.24) is 15.3 Å². The number of nitrogens with one attached hydrogen (secondary N) is 2. The summed E-state index contributed by atoms with van der Waals surface area (Å²) in [5.74, 6) is 1.35. The Morgan fingerprint density at radius 3 is 2.31 bits per heavy atom. The summed E-state index contributed by atoms with van der Waals surface area (Å²) in [6.45, 7) is 0. The topological polar surface area (TPSA) is 70.2 Å². The fourth-order valence-corrected chi connectivity index (χ4v) is 4.84. The first-order valence-corrected chi connectivity index (χ1v) is 12.3. The lowest BCUT2D eigenvalue weighted by Gasteiger charge is -2.30. The van der Waals surface area contributed by atoms with Crippen LogP contribution in [0.2, 0.25) is 0 Å². The van der Waals surface area contributed by atoms with Gasteiger partial charge in [-0.1, -0.05) is 24.3 Å². The number of carbonyl (C=O) groups is 1. The molecule has 2 N–H and O–H groups in total. The summed E-state index contributed by atoms with van der Waals surface area (Å²) in [6, 6.07) is 14.2. The molecule has 0 aliphatic heterocycles. The number of fused-ring (bicyclic) bond motifs is 1. The first-order valence-electron chi connectivity index (χ1n) is 11.5. The fourth-order valence-electron chi connectivity index (χ4n) is 4.30. The molecule has 10 heteroatoms. The van der Waals surface area contributed by atoms with Crippen LogP contribution < -0.4 is 15.5 Å². The molecule has 3 aromatic rings. The van der Waals surface area contributed by atoms with E-state index in [4.69, 9.17) is 4.98 Å². The summed E-state index contributed by atoms with van der Waals surface area (Å²) < 4.78 is 37.4. The van der Waals surface area contributed by atoms with Gasteiger partial charge in [0, 0.05) is 36.5 Å². The molecule has 1 aliphatic rings. The Labute approximate surface area is 206 Å². The highest BCUT2D eigenvalue weighted by molar-refractivity contribution is 8.00. The van der Waals surface area contributed by atoms with E-state index in [1.54, 1.807) is 12.1 Å². The van der Waals surface area contributed by atoms with Gasteiger partial charge in [-0.05, 0) is 67.3 Å². The SMILES string of the molecule is CN(C)c1nc(NC2CCC(NC(=O)Cc3ccc(SC(F)(F)F)cc3)CC2)nc2ccccc12. The van der Waals surface area contributed by atoms with Crippen LogP contribution in [0.1, 0.15) is 31.2 Å². The van der Waals surface area contributed by atoms with Gasteiger partial charge in [0.2, 0.25) is 11.9 Å². The van der Waals surface area contributed by atoms with Gasteiger partial charge in [0.15, 0.2) is 0 Å². The molecule has 1 fully saturated rings. The molecule has 1 saturated carbocycles. The summed E-state index contributed by atoms with van der Waals surface area (Å²) >= 11 is -0.158. The van der Waals surface area contributed by atoms with Gasteiger partial charge in [-0.25, -0.2) is 4.98 Å². The molecule has 35 heavy (non-hydrogen) atoms. The van der Waals surface area contributed by atoms with E-state index in [0.29, 0.717) is 11.5 Å². The molecule has 1 aromatic heterocycles. The number of rotatable bonds is 7. The molecule has 0 radical (unpaired) electrons. The van der Waals surface area contributed by atoms with Gasteiger partial charge < -0.3 is 15.5 Å². The van der Waals surface area contributed by atoms with Crippen LogP contribution in [0.3, 0.4) is 0 Å². The highest BCUT2D eigenvalue weighted by Crippen LogP contribution is 2.36. The van der Waals surface area contributed by atoms with Crippen LogP contribution in [-0.4, -0.2) is 47.6 Å². The second-order valence-corrected chi connectivity index (χ2v) is 10.0. The first kappa shape index (κ1) is 25.1. The van der Waals surface area contributed by atoms with E-state index in [-0.39, 0.29) is 41.1 Å². The van der Waals surface area contributed by atoms with Crippen molar-refractivity contribution >= 4 is 40.3 Å². The molecular formula is C25H28F3N5OS. The normalized spacial score (nSPS) is 18.3. The third kappa shape index (κ3) is 7.00. The number of carbonyl (C=O) groups excluding carboxylic acids is 1. The molecule has 6 nitrogen and oxygen atoms in total. The largest absolute Gasteiger partial charge is 0.446 e. The lowest BCUT2D eigenvalue weighted by molar-refractivity contribution is -0.121. The van der Waals surface area contributed by atoms with Gasteiger partial charge in [-0.3, -0.25) is 4.79 Å². The molecule has 4 rings (SSSR count). The molecule has 0 bridgehead atoms. The van der Waals surface area contributed by atoms with Crippen molar-refractivity contribution in [2.75, 3.05) is 24.3 Å². The Hall–Kier alpha value is -3.01. The zero-order chi connectivity index (χ0) is 25.0. The van der Waals surface area contributed by atoms with Gasteiger partial charge in [-0.2, -0.15) is 18.2 Å². The quantitative estimate of drug-likeness (QED) is 0.422. The number of hydrogen-bond donors (Lipinski definition) is 2. The average molecular weight is 504 g/mol. The number of hydrogen-bond acceptors (Lipinski definition) is 6. The number of nitrogens with zero attached hydrogens (tertiary/aromatic N) is 3. The van der Waals surface area contributed by atoms with Gasteiger partial charge in [0.25, 0.3) is 0 Å². The monoisotopic (exact) mass is 503 g/mol. The summed E-state index contributed by atoms with van der Waals surface area (Å²) in [4.78, 5) is 23.9. The molecular weight excluding hydrogens is 475 g/mol. The number of aromatic nitrogens is 2. The van der Waals surface area contributed by atoms with E-state index >= 15 is 0 Å². The van der Waals surface area contributed by atoms with Gasteiger partial charge in [-0.15, -0.1) is 0 Å². The highest BCUT2D eigenvalue weighted by Gasteiger charge is 2.29. The van der Waals surface area contributed by atoms with E-state index in [1.165, 1.54) is 12.1 Å². The maximum absolute atomic E-state index is 12.5. The summed E-state index contributed by atoms with van der Waals surface area (Å²) in [6.07, 6.45) is 3.56. The van der Waals surface area contributed by atoms with E-state index < -0.39 is 5.51 Å². The number of alkyl halides is 3. The fraction of sp³-hybridized carbons (Fsp3) is 0.400. The third-order valence-corrected chi connectivity index (χ3v) is 6.69.